The number of aliphatic imine (C=N–C) groups is 1. The summed E-state index contributed by atoms with van der Waals surface area (Å²) in [6, 6.07) is 21.1. The van der Waals surface area contributed by atoms with E-state index in [2.05, 4.69) is 67.7 Å². The lowest BCUT2D eigenvalue weighted by molar-refractivity contribution is 0.462. The van der Waals surface area contributed by atoms with E-state index >= 15 is 0 Å². The fourth-order valence-corrected chi connectivity index (χ4v) is 3.86. The van der Waals surface area contributed by atoms with E-state index < -0.39 is 5.41 Å². The maximum absolute atomic E-state index is 7.75. The van der Waals surface area contributed by atoms with Gasteiger partial charge in [0, 0.05) is 0 Å². The Balaban J connectivity index is 2.15. The number of hydrogen-bond acceptors (Lipinski definition) is 2. The van der Waals surface area contributed by atoms with Gasteiger partial charge in [0.05, 0.1) is 11.5 Å². The highest BCUT2D eigenvalue weighted by molar-refractivity contribution is 6.07. The molecule has 4 nitrogen and oxygen atoms in total. The van der Waals surface area contributed by atoms with Crippen LogP contribution in [0.15, 0.2) is 65.7 Å². The SMILES string of the molecule is CC(C)CC1CC(c2ccccc2)(c2ccccc2)C(NC(=N)N)=N1. The first-order valence-electron chi connectivity index (χ1n) is 8.82. The van der Waals surface area contributed by atoms with E-state index in [1.54, 1.807) is 0 Å². The molecule has 2 aromatic carbocycles. The zero-order valence-corrected chi connectivity index (χ0v) is 14.9. The number of rotatable bonds is 4. The fraction of sp³-hybridized carbons (Fsp3) is 0.333. The molecule has 0 bridgehead atoms. The van der Waals surface area contributed by atoms with Gasteiger partial charge in [-0.1, -0.05) is 74.5 Å². The quantitative estimate of drug-likeness (QED) is 0.589. The number of nitrogens with one attached hydrogen (secondary N) is 2. The van der Waals surface area contributed by atoms with E-state index in [1.165, 1.54) is 11.1 Å². The zero-order chi connectivity index (χ0) is 17.9. The molecule has 1 unspecified atom stereocenters. The van der Waals surface area contributed by atoms with Crippen LogP contribution in [0.2, 0.25) is 0 Å². The maximum atomic E-state index is 7.75. The first-order valence-corrected chi connectivity index (χ1v) is 8.82. The topological polar surface area (TPSA) is 74.3 Å². The molecule has 130 valence electrons. The third-order valence-corrected chi connectivity index (χ3v) is 4.79. The first-order chi connectivity index (χ1) is 12.0. The third-order valence-electron chi connectivity index (χ3n) is 4.79. The van der Waals surface area contributed by atoms with Crippen LogP contribution in [0.3, 0.4) is 0 Å². The Kier molecular flexibility index (Phi) is 4.88. The van der Waals surface area contributed by atoms with E-state index in [4.69, 9.17) is 16.1 Å². The molecule has 0 amide bonds. The minimum absolute atomic E-state index is 0.0693. The van der Waals surface area contributed by atoms with Crippen molar-refractivity contribution in [3.05, 3.63) is 71.8 Å². The molecule has 1 heterocycles. The maximum Gasteiger partial charge on any atom is 0.191 e. The predicted molar refractivity (Wildman–Crippen MR) is 104 cm³/mol. The molecule has 1 aliphatic rings. The van der Waals surface area contributed by atoms with E-state index in [-0.39, 0.29) is 12.0 Å². The van der Waals surface area contributed by atoms with Gasteiger partial charge in [-0.2, -0.15) is 0 Å². The van der Waals surface area contributed by atoms with Crippen molar-refractivity contribution in [1.82, 2.24) is 5.32 Å². The average Bonchev–Trinajstić information content (AvgIpc) is 2.94. The number of nitrogens with two attached hydrogens (primary N) is 1. The van der Waals surface area contributed by atoms with Gasteiger partial charge < -0.3 is 11.1 Å². The van der Waals surface area contributed by atoms with Gasteiger partial charge in [0.2, 0.25) is 0 Å². The fourth-order valence-electron chi connectivity index (χ4n) is 3.86. The van der Waals surface area contributed by atoms with Crippen LogP contribution in [-0.2, 0) is 5.41 Å². The van der Waals surface area contributed by atoms with E-state index in [0.717, 1.165) is 18.7 Å². The van der Waals surface area contributed by atoms with E-state index in [1.807, 2.05) is 12.1 Å². The van der Waals surface area contributed by atoms with Gasteiger partial charge in [0.25, 0.3) is 0 Å². The molecule has 0 saturated heterocycles. The molecule has 0 saturated carbocycles. The summed E-state index contributed by atoms with van der Waals surface area (Å²) in [5.41, 5.74) is 7.65. The number of benzene rings is 2. The summed E-state index contributed by atoms with van der Waals surface area (Å²) in [4.78, 5) is 4.96. The molecule has 25 heavy (non-hydrogen) atoms. The van der Waals surface area contributed by atoms with Gasteiger partial charge >= 0.3 is 0 Å². The first kappa shape index (κ1) is 17.2. The summed E-state index contributed by atoms with van der Waals surface area (Å²) >= 11 is 0. The summed E-state index contributed by atoms with van der Waals surface area (Å²) in [7, 11) is 0. The molecular formula is C21H26N4. The molecule has 3 rings (SSSR count). The minimum Gasteiger partial charge on any atom is -0.370 e. The van der Waals surface area contributed by atoms with Gasteiger partial charge in [-0.3, -0.25) is 10.4 Å². The van der Waals surface area contributed by atoms with Gasteiger partial charge in [0.15, 0.2) is 5.96 Å². The molecule has 0 radical (unpaired) electrons. The van der Waals surface area contributed by atoms with Crippen LogP contribution in [-0.4, -0.2) is 17.8 Å². The summed E-state index contributed by atoms with van der Waals surface area (Å²) in [5.74, 6) is 1.28. The Labute approximate surface area is 149 Å². The summed E-state index contributed by atoms with van der Waals surface area (Å²) in [6.07, 6.45) is 1.90. The van der Waals surface area contributed by atoms with Crippen molar-refractivity contribution >= 4 is 11.8 Å². The van der Waals surface area contributed by atoms with Crippen LogP contribution in [0.5, 0.6) is 0 Å². The van der Waals surface area contributed by atoms with E-state index in [9.17, 15) is 0 Å². The summed E-state index contributed by atoms with van der Waals surface area (Å²) in [6.45, 7) is 4.44. The highest BCUT2D eigenvalue weighted by atomic mass is 15.1. The van der Waals surface area contributed by atoms with Crippen LogP contribution >= 0.6 is 0 Å². The van der Waals surface area contributed by atoms with Crippen molar-refractivity contribution < 1.29 is 0 Å². The smallest absolute Gasteiger partial charge is 0.191 e. The van der Waals surface area contributed by atoms with Gasteiger partial charge in [-0.15, -0.1) is 0 Å². The number of guanidine groups is 1. The molecule has 0 fully saturated rings. The van der Waals surface area contributed by atoms with Crippen LogP contribution in [0.1, 0.15) is 37.8 Å². The molecule has 1 atom stereocenters. The Morgan fingerprint density at radius 2 is 1.64 bits per heavy atom. The average molecular weight is 334 g/mol. The summed E-state index contributed by atoms with van der Waals surface area (Å²) in [5, 5.41) is 10.8. The second kappa shape index (κ2) is 7.09. The molecule has 0 aromatic heterocycles. The minimum atomic E-state index is -0.395. The monoisotopic (exact) mass is 334 g/mol. The van der Waals surface area contributed by atoms with Crippen LogP contribution in [0.4, 0.5) is 0 Å². The van der Waals surface area contributed by atoms with Gasteiger partial charge in [0.1, 0.15) is 5.84 Å². The molecule has 4 heteroatoms. The molecule has 0 spiro atoms. The van der Waals surface area contributed by atoms with Crippen molar-refractivity contribution in [3.8, 4) is 0 Å². The van der Waals surface area contributed by atoms with Crippen molar-refractivity contribution in [1.29, 1.82) is 5.41 Å². The second-order valence-corrected chi connectivity index (χ2v) is 7.14. The van der Waals surface area contributed by atoms with Crippen LogP contribution < -0.4 is 11.1 Å². The van der Waals surface area contributed by atoms with Crippen molar-refractivity contribution in [2.45, 2.75) is 38.1 Å². The van der Waals surface area contributed by atoms with Crippen molar-refractivity contribution in [2.75, 3.05) is 0 Å². The molecule has 4 N–H and O–H groups in total. The third kappa shape index (κ3) is 3.43. The molecule has 0 aliphatic carbocycles. The van der Waals surface area contributed by atoms with Crippen molar-refractivity contribution in [2.24, 2.45) is 16.6 Å². The number of nitrogens with zero attached hydrogens (tertiary/aromatic N) is 1. The van der Waals surface area contributed by atoms with Gasteiger partial charge in [-0.25, -0.2) is 0 Å². The normalized spacial score (nSPS) is 18.8. The van der Waals surface area contributed by atoms with Crippen LogP contribution in [0, 0.1) is 11.3 Å². The lowest BCUT2D eigenvalue weighted by Crippen LogP contribution is -2.47. The van der Waals surface area contributed by atoms with E-state index in [0.29, 0.717) is 5.92 Å². The zero-order valence-electron chi connectivity index (χ0n) is 14.9. The lowest BCUT2D eigenvalue weighted by atomic mass is 9.70. The highest BCUT2D eigenvalue weighted by Crippen LogP contribution is 2.43. The Morgan fingerprint density at radius 3 is 2.08 bits per heavy atom. The molecule has 1 aliphatic heterocycles. The molecule has 2 aromatic rings. The predicted octanol–water partition coefficient (Wildman–Crippen LogP) is 3.67. The van der Waals surface area contributed by atoms with Crippen molar-refractivity contribution in [3.63, 3.8) is 0 Å². The Bertz CT molecular complexity index is 710. The molecular weight excluding hydrogens is 308 g/mol. The van der Waals surface area contributed by atoms with Gasteiger partial charge in [-0.05, 0) is 29.9 Å². The highest BCUT2D eigenvalue weighted by Gasteiger charge is 2.46. The second-order valence-electron chi connectivity index (χ2n) is 7.14. The largest absolute Gasteiger partial charge is 0.370 e. The Morgan fingerprint density at radius 1 is 1.12 bits per heavy atom. The number of hydrogen-bond donors (Lipinski definition) is 3. The summed E-state index contributed by atoms with van der Waals surface area (Å²) < 4.78 is 0. The number of amidine groups is 1. The van der Waals surface area contributed by atoms with Crippen LogP contribution in [0.25, 0.3) is 0 Å². The Hall–Kier alpha value is -2.62. The lowest BCUT2D eigenvalue weighted by Gasteiger charge is -2.33. The standard InChI is InChI=1S/C21H26N4/c1-15(2)13-18-14-21(16-9-5-3-6-10-16,17-11-7-4-8-12-17)19(24-18)25-20(22)23/h3-12,15,18H,13-14H2,1-2H3,(H4,22,23,24,25).